The van der Waals surface area contributed by atoms with Gasteiger partial charge in [0.25, 0.3) is 0 Å². The van der Waals surface area contributed by atoms with Crippen LogP contribution < -0.4 is 5.32 Å². The maximum Gasteiger partial charge on any atom is 0.457 e. The van der Waals surface area contributed by atoms with E-state index in [0.717, 1.165) is 19.3 Å². The molecule has 6 heteroatoms. The summed E-state index contributed by atoms with van der Waals surface area (Å²) in [4.78, 5) is 14.5. The number of amides is 1. The highest BCUT2D eigenvalue weighted by atomic mass is 16.7. The zero-order chi connectivity index (χ0) is 21.8. The second-order valence-corrected chi connectivity index (χ2v) is 10.7. The van der Waals surface area contributed by atoms with Crippen LogP contribution in [0.4, 0.5) is 0 Å². The molecular formula is C22H45BN2O3. The Morgan fingerprint density at radius 1 is 1.07 bits per heavy atom. The van der Waals surface area contributed by atoms with Crippen LogP contribution in [0.1, 0.15) is 81.1 Å². The van der Waals surface area contributed by atoms with Gasteiger partial charge in [-0.15, -0.1) is 0 Å². The summed E-state index contributed by atoms with van der Waals surface area (Å²) in [6.07, 6.45) is 5.65. The molecule has 2 atom stereocenters. The Morgan fingerprint density at radius 2 is 1.57 bits per heavy atom. The average Bonchev–Trinajstić information content (AvgIpc) is 2.73. The normalized spacial score (nSPS) is 26.6. The molecule has 0 aromatic carbocycles. The van der Waals surface area contributed by atoms with Gasteiger partial charge in [-0.25, -0.2) is 0 Å². The Bertz CT molecular complexity index is 485. The van der Waals surface area contributed by atoms with Gasteiger partial charge in [-0.05, 0) is 87.6 Å². The molecule has 0 spiro atoms. The molecule has 5 nitrogen and oxygen atoms in total. The van der Waals surface area contributed by atoms with Crippen molar-refractivity contribution in [1.29, 1.82) is 0 Å². The molecule has 2 rings (SSSR count). The SMILES string of the molecule is CCB1OC(C)(C)C(C)(C)O1.CN(C)CC1CCCCC1C(=O)NC(C)(C)C. The highest BCUT2D eigenvalue weighted by molar-refractivity contribution is 6.45. The van der Waals surface area contributed by atoms with Crippen LogP contribution in [-0.2, 0) is 14.1 Å². The molecule has 0 aromatic heterocycles. The van der Waals surface area contributed by atoms with E-state index in [4.69, 9.17) is 9.31 Å². The van der Waals surface area contributed by atoms with E-state index in [2.05, 4.69) is 79.7 Å². The number of rotatable bonds is 4. The summed E-state index contributed by atoms with van der Waals surface area (Å²) in [5.41, 5.74) is -0.432. The zero-order valence-corrected chi connectivity index (χ0v) is 20.1. The van der Waals surface area contributed by atoms with Crippen molar-refractivity contribution < 1.29 is 14.1 Å². The molecule has 2 unspecified atom stereocenters. The van der Waals surface area contributed by atoms with Crippen LogP contribution in [0.3, 0.4) is 0 Å². The van der Waals surface area contributed by atoms with Crippen molar-refractivity contribution in [3.8, 4) is 0 Å². The van der Waals surface area contributed by atoms with Gasteiger partial charge in [-0.1, -0.05) is 19.8 Å². The smallest absolute Gasteiger partial charge is 0.403 e. The first-order valence-corrected chi connectivity index (χ1v) is 11.0. The van der Waals surface area contributed by atoms with Crippen LogP contribution in [0.2, 0.25) is 6.32 Å². The Labute approximate surface area is 174 Å². The van der Waals surface area contributed by atoms with E-state index < -0.39 is 0 Å². The van der Waals surface area contributed by atoms with Crippen LogP contribution >= 0.6 is 0 Å². The van der Waals surface area contributed by atoms with Crippen LogP contribution in [-0.4, -0.2) is 55.3 Å². The van der Waals surface area contributed by atoms with Crippen molar-refractivity contribution in [2.24, 2.45) is 11.8 Å². The molecule has 28 heavy (non-hydrogen) atoms. The minimum atomic E-state index is -0.159. The molecule has 1 N–H and O–H groups in total. The van der Waals surface area contributed by atoms with E-state index in [9.17, 15) is 4.79 Å². The molecule has 0 aromatic rings. The average molecular weight is 396 g/mol. The van der Waals surface area contributed by atoms with Gasteiger partial charge in [0, 0.05) is 18.0 Å². The first-order chi connectivity index (χ1) is 12.7. The summed E-state index contributed by atoms with van der Waals surface area (Å²) >= 11 is 0. The van der Waals surface area contributed by atoms with Gasteiger partial charge in [0.15, 0.2) is 0 Å². The molecule has 2 fully saturated rings. The van der Waals surface area contributed by atoms with Crippen molar-refractivity contribution in [3.05, 3.63) is 0 Å². The monoisotopic (exact) mass is 396 g/mol. The molecule has 1 aliphatic carbocycles. The van der Waals surface area contributed by atoms with Gasteiger partial charge < -0.3 is 19.5 Å². The van der Waals surface area contributed by atoms with Crippen LogP contribution in [0.25, 0.3) is 0 Å². The first kappa shape index (κ1) is 25.5. The number of nitrogens with one attached hydrogen (secondary N) is 1. The number of carbonyl (C=O) groups is 1. The van der Waals surface area contributed by atoms with Gasteiger partial charge in [-0.2, -0.15) is 0 Å². The lowest BCUT2D eigenvalue weighted by Gasteiger charge is -2.34. The predicted molar refractivity (Wildman–Crippen MR) is 118 cm³/mol. The molecule has 0 radical (unpaired) electrons. The minimum absolute atomic E-state index is 0.0139. The largest absolute Gasteiger partial charge is 0.457 e. The fourth-order valence-corrected chi connectivity index (χ4v) is 3.83. The molecule has 2 aliphatic rings. The molecule has 1 saturated heterocycles. The van der Waals surface area contributed by atoms with Crippen molar-refractivity contribution in [1.82, 2.24) is 10.2 Å². The van der Waals surface area contributed by atoms with Gasteiger partial charge in [0.1, 0.15) is 0 Å². The molecular weight excluding hydrogens is 351 g/mol. The van der Waals surface area contributed by atoms with Crippen LogP contribution in [0.5, 0.6) is 0 Å². The quantitative estimate of drug-likeness (QED) is 0.717. The lowest BCUT2D eigenvalue weighted by Crippen LogP contribution is -2.47. The second kappa shape index (κ2) is 9.95. The second-order valence-electron chi connectivity index (χ2n) is 10.7. The molecule has 1 heterocycles. The fourth-order valence-electron chi connectivity index (χ4n) is 3.83. The topological polar surface area (TPSA) is 50.8 Å². The predicted octanol–water partition coefficient (Wildman–Crippen LogP) is 4.37. The standard InChI is InChI=1S/C14H28N2O.C8H17BO2/c1-14(2,3)15-13(17)12-9-7-6-8-11(12)10-16(4)5;1-6-9-10-7(2,3)8(4,5)11-9/h11-12H,6-10H2,1-5H3,(H,15,17);6H2,1-5H3. The molecule has 164 valence electrons. The van der Waals surface area contributed by atoms with Gasteiger partial charge in [-0.3, -0.25) is 4.79 Å². The van der Waals surface area contributed by atoms with E-state index in [1.165, 1.54) is 19.3 Å². The number of carbonyl (C=O) groups excluding carboxylic acids is 1. The maximum atomic E-state index is 12.3. The summed E-state index contributed by atoms with van der Waals surface area (Å²) in [5, 5.41) is 3.13. The Morgan fingerprint density at radius 3 is 1.96 bits per heavy atom. The third kappa shape index (κ3) is 7.68. The van der Waals surface area contributed by atoms with Crippen LogP contribution in [0.15, 0.2) is 0 Å². The lowest BCUT2D eigenvalue weighted by molar-refractivity contribution is -0.129. The number of hydrogen-bond donors (Lipinski definition) is 1. The van der Waals surface area contributed by atoms with Crippen molar-refractivity contribution in [3.63, 3.8) is 0 Å². The summed E-state index contributed by atoms with van der Waals surface area (Å²) in [7, 11) is 4.17. The Kier molecular flexibility index (Phi) is 9.04. The van der Waals surface area contributed by atoms with E-state index in [-0.39, 0.29) is 35.7 Å². The first-order valence-electron chi connectivity index (χ1n) is 11.0. The van der Waals surface area contributed by atoms with Crippen LogP contribution in [0, 0.1) is 11.8 Å². The lowest BCUT2D eigenvalue weighted by atomic mass is 9.78. The van der Waals surface area contributed by atoms with Gasteiger partial charge >= 0.3 is 7.12 Å². The van der Waals surface area contributed by atoms with Crippen molar-refractivity contribution >= 4 is 13.0 Å². The molecule has 1 aliphatic heterocycles. The van der Waals surface area contributed by atoms with Crippen molar-refractivity contribution in [2.45, 2.75) is 104 Å². The van der Waals surface area contributed by atoms with Crippen molar-refractivity contribution in [2.75, 3.05) is 20.6 Å². The van der Waals surface area contributed by atoms with E-state index >= 15 is 0 Å². The van der Waals surface area contributed by atoms with Gasteiger partial charge in [0.05, 0.1) is 11.2 Å². The third-order valence-electron chi connectivity index (χ3n) is 5.98. The number of hydrogen-bond acceptors (Lipinski definition) is 4. The molecule has 0 bridgehead atoms. The van der Waals surface area contributed by atoms with Gasteiger partial charge in [0.2, 0.25) is 5.91 Å². The number of nitrogens with zero attached hydrogens (tertiary/aromatic N) is 1. The third-order valence-corrected chi connectivity index (χ3v) is 5.98. The van der Waals surface area contributed by atoms with E-state index in [0.29, 0.717) is 5.92 Å². The summed E-state index contributed by atoms with van der Waals surface area (Å²) in [6.45, 7) is 17.5. The van der Waals surface area contributed by atoms with E-state index in [1.54, 1.807) is 0 Å². The molecule has 1 amide bonds. The zero-order valence-electron chi connectivity index (χ0n) is 20.1. The highest BCUT2D eigenvalue weighted by Gasteiger charge is 2.50. The highest BCUT2D eigenvalue weighted by Crippen LogP contribution is 2.37. The van der Waals surface area contributed by atoms with E-state index in [1.807, 2.05) is 0 Å². The summed E-state index contributed by atoms with van der Waals surface area (Å²) in [5.74, 6) is 0.996. The Hall–Kier alpha value is -0.585. The maximum absolute atomic E-state index is 12.3. The summed E-state index contributed by atoms with van der Waals surface area (Å²) in [6, 6.07) is 0. The molecule has 1 saturated carbocycles. The minimum Gasteiger partial charge on any atom is -0.403 e. The Balaban J connectivity index is 0.000000307. The summed E-state index contributed by atoms with van der Waals surface area (Å²) < 4.78 is 11.4. The fraction of sp³-hybridized carbons (Fsp3) is 0.955.